The van der Waals surface area contributed by atoms with Gasteiger partial charge >= 0.3 is 0 Å². The maximum Gasteiger partial charge on any atom is 0.275 e. The summed E-state index contributed by atoms with van der Waals surface area (Å²) < 4.78 is 0. The fourth-order valence-corrected chi connectivity index (χ4v) is 4.11. The first-order chi connectivity index (χ1) is 14.6. The summed E-state index contributed by atoms with van der Waals surface area (Å²) in [7, 11) is 2.00. The van der Waals surface area contributed by atoms with Crippen LogP contribution in [-0.2, 0) is 0 Å². The monoisotopic (exact) mass is 422 g/mol. The Hall–Kier alpha value is -3.30. The molecule has 2 aromatic heterocycles. The van der Waals surface area contributed by atoms with Gasteiger partial charge < -0.3 is 20.9 Å². The number of benzene rings is 1. The largest absolute Gasteiger partial charge is 0.347 e. The number of anilines is 3. The predicted octanol–water partition coefficient (Wildman–Crippen LogP) is 2.84. The summed E-state index contributed by atoms with van der Waals surface area (Å²) in [6.07, 6.45) is 4.25. The first kappa shape index (κ1) is 20.0. The van der Waals surface area contributed by atoms with Crippen LogP contribution >= 0.6 is 11.3 Å². The molecule has 1 fully saturated rings. The summed E-state index contributed by atoms with van der Waals surface area (Å²) in [6, 6.07) is 10.7. The standard InChI is InChI=1S/C21H22N6O2S/c1-27(15-8-10-23-12-15)21-26-18(13-30-21)20(29)25-17-7-3-2-6-16(17)19(28)24-14-5-4-9-22-11-14/h2-7,9,11,13,15,23H,8,10,12H2,1H3,(H,24,28)(H,25,29)/t15-/m1/s1. The van der Waals surface area contributed by atoms with Crippen molar-refractivity contribution in [3.05, 3.63) is 65.4 Å². The molecule has 3 heterocycles. The number of hydrogen-bond acceptors (Lipinski definition) is 7. The maximum absolute atomic E-state index is 12.8. The molecule has 3 aromatic rings. The second-order valence-electron chi connectivity index (χ2n) is 6.97. The van der Waals surface area contributed by atoms with Crippen LogP contribution in [0.1, 0.15) is 27.3 Å². The molecule has 1 saturated heterocycles. The average molecular weight is 423 g/mol. The van der Waals surface area contributed by atoms with Crippen molar-refractivity contribution in [3.8, 4) is 0 Å². The minimum Gasteiger partial charge on any atom is -0.347 e. The number of carbonyl (C=O) groups is 2. The molecule has 0 saturated carbocycles. The van der Waals surface area contributed by atoms with Crippen LogP contribution in [0.2, 0.25) is 0 Å². The van der Waals surface area contributed by atoms with Gasteiger partial charge in [-0.2, -0.15) is 0 Å². The summed E-state index contributed by atoms with van der Waals surface area (Å²) >= 11 is 1.44. The maximum atomic E-state index is 12.8. The molecule has 0 spiro atoms. The molecule has 30 heavy (non-hydrogen) atoms. The third-order valence-corrected chi connectivity index (χ3v) is 5.88. The van der Waals surface area contributed by atoms with Gasteiger partial charge in [0.25, 0.3) is 11.8 Å². The van der Waals surface area contributed by atoms with Crippen LogP contribution in [0.4, 0.5) is 16.5 Å². The van der Waals surface area contributed by atoms with Crippen molar-refractivity contribution in [2.24, 2.45) is 0 Å². The molecule has 8 nitrogen and oxygen atoms in total. The lowest BCUT2D eigenvalue weighted by atomic mass is 10.1. The molecular formula is C21H22N6O2S. The number of amides is 2. The molecule has 0 aliphatic carbocycles. The molecule has 0 unspecified atom stereocenters. The third-order valence-electron chi connectivity index (χ3n) is 4.95. The second-order valence-corrected chi connectivity index (χ2v) is 7.80. The molecule has 0 radical (unpaired) electrons. The van der Waals surface area contributed by atoms with Crippen molar-refractivity contribution >= 4 is 39.7 Å². The Morgan fingerprint density at radius 2 is 2.03 bits per heavy atom. The Morgan fingerprint density at radius 1 is 1.17 bits per heavy atom. The van der Waals surface area contributed by atoms with E-state index in [9.17, 15) is 9.59 Å². The van der Waals surface area contributed by atoms with Crippen LogP contribution in [-0.4, -0.2) is 48.0 Å². The number of thiazole rings is 1. The summed E-state index contributed by atoms with van der Waals surface area (Å²) in [6.45, 7) is 1.91. The Morgan fingerprint density at radius 3 is 2.80 bits per heavy atom. The van der Waals surface area contributed by atoms with Crippen LogP contribution in [0.25, 0.3) is 0 Å². The van der Waals surface area contributed by atoms with E-state index < -0.39 is 0 Å². The molecule has 1 aliphatic heterocycles. The molecule has 1 aromatic carbocycles. The fraction of sp³-hybridized carbons (Fsp3) is 0.238. The van der Waals surface area contributed by atoms with Gasteiger partial charge in [-0.05, 0) is 37.2 Å². The lowest BCUT2D eigenvalue weighted by Gasteiger charge is -2.22. The van der Waals surface area contributed by atoms with Gasteiger partial charge in [-0.1, -0.05) is 12.1 Å². The lowest BCUT2D eigenvalue weighted by molar-refractivity contribution is 0.102. The Labute approximate surface area is 178 Å². The van der Waals surface area contributed by atoms with Crippen LogP contribution in [0.3, 0.4) is 0 Å². The minimum absolute atomic E-state index is 0.327. The number of likely N-dealkylation sites (N-methyl/N-ethyl adjacent to an activating group) is 1. The van der Waals surface area contributed by atoms with Crippen molar-refractivity contribution in [2.75, 3.05) is 35.7 Å². The lowest BCUT2D eigenvalue weighted by Crippen LogP contribution is -2.33. The van der Waals surface area contributed by atoms with Crippen LogP contribution < -0.4 is 20.9 Å². The van der Waals surface area contributed by atoms with Gasteiger partial charge in [0.1, 0.15) is 5.69 Å². The van der Waals surface area contributed by atoms with E-state index in [2.05, 4.69) is 30.8 Å². The summed E-state index contributed by atoms with van der Waals surface area (Å²) in [5.74, 6) is -0.677. The fourth-order valence-electron chi connectivity index (χ4n) is 3.27. The zero-order valence-corrected chi connectivity index (χ0v) is 17.3. The Balaban J connectivity index is 1.47. The second kappa shape index (κ2) is 9.02. The highest BCUT2D eigenvalue weighted by molar-refractivity contribution is 7.14. The number of nitrogens with one attached hydrogen (secondary N) is 3. The van der Waals surface area contributed by atoms with E-state index in [0.29, 0.717) is 28.7 Å². The van der Waals surface area contributed by atoms with Crippen LogP contribution in [0.5, 0.6) is 0 Å². The van der Waals surface area contributed by atoms with E-state index in [1.54, 1.807) is 54.2 Å². The van der Waals surface area contributed by atoms with Crippen molar-refractivity contribution in [1.82, 2.24) is 15.3 Å². The van der Waals surface area contributed by atoms with E-state index >= 15 is 0 Å². The molecular weight excluding hydrogens is 400 g/mol. The van der Waals surface area contributed by atoms with Crippen LogP contribution in [0, 0.1) is 0 Å². The van der Waals surface area contributed by atoms with Crippen LogP contribution in [0.15, 0.2) is 54.2 Å². The highest BCUT2D eigenvalue weighted by atomic mass is 32.1. The number of aromatic nitrogens is 2. The molecule has 2 amide bonds. The van der Waals surface area contributed by atoms with Gasteiger partial charge in [0.2, 0.25) is 0 Å². The number of rotatable bonds is 6. The van der Waals surface area contributed by atoms with Gasteiger partial charge in [0.15, 0.2) is 5.13 Å². The molecule has 1 aliphatic rings. The van der Waals surface area contributed by atoms with Gasteiger partial charge in [-0.3, -0.25) is 14.6 Å². The summed E-state index contributed by atoms with van der Waals surface area (Å²) in [5, 5.41) is 11.5. The summed E-state index contributed by atoms with van der Waals surface area (Å²) in [4.78, 5) is 36.0. The molecule has 0 bridgehead atoms. The number of para-hydroxylation sites is 1. The molecule has 3 N–H and O–H groups in total. The zero-order valence-electron chi connectivity index (χ0n) is 16.5. The first-order valence-corrected chi connectivity index (χ1v) is 10.5. The SMILES string of the molecule is CN(c1nc(C(=O)Nc2ccccc2C(=O)Nc2cccnc2)cs1)[C@@H]1CCNC1. The quantitative estimate of drug-likeness (QED) is 0.565. The van der Waals surface area contributed by atoms with E-state index in [4.69, 9.17) is 0 Å². The van der Waals surface area contributed by atoms with E-state index in [1.807, 2.05) is 7.05 Å². The average Bonchev–Trinajstić information content (AvgIpc) is 3.47. The van der Waals surface area contributed by atoms with E-state index in [0.717, 1.165) is 24.6 Å². The number of carbonyl (C=O) groups excluding carboxylic acids is 2. The van der Waals surface area contributed by atoms with Crippen molar-refractivity contribution in [1.29, 1.82) is 0 Å². The Bertz CT molecular complexity index is 1030. The van der Waals surface area contributed by atoms with Gasteiger partial charge in [-0.25, -0.2) is 4.98 Å². The Kier molecular flexibility index (Phi) is 6.01. The number of hydrogen-bond donors (Lipinski definition) is 3. The molecule has 1 atom stereocenters. The normalized spacial score (nSPS) is 15.6. The van der Waals surface area contributed by atoms with Crippen molar-refractivity contribution < 1.29 is 9.59 Å². The molecule has 4 rings (SSSR count). The van der Waals surface area contributed by atoms with Crippen molar-refractivity contribution in [3.63, 3.8) is 0 Å². The molecule has 154 valence electrons. The zero-order chi connectivity index (χ0) is 20.9. The third kappa shape index (κ3) is 4.47. The number of nitrogens with zero attached hydrogens (tertiary/aromatic N) is 3. The summed E-state index contributed by atoms with van der Waals surface area (Å²) in [5.41, 5.74) is 1.69. The van der Waals surface area contributed by atoms with Gasteiger partial charge in [0.05, 0.1) is 23.1 Å². The van der Waals surface area contributed by atoms with Crippen molar-refractivity contribution in [2.45, 2.75) is 12.5 Å². The highest BCUT2D eigenvalue weighted by Gasteiger charge is 2.23. The topological polar surface area (TPSA) is 99.2 Å². The molecule has 9 heteroatoms. The smallest absolute Gasteiger partial charge is 0.275 e. The predicted molar refractivity (Wildman–Crippen MR) is 118 cm³/mol. The highest BCUT2D eigenvalue weighted by Crippen LogP contribution is 2.24. The van der Waals surface area contributed by atoms with Gasteiger partial charge in [0, 0.05) is 31.2 Å². The first-order valence-electron chi connectivity index (χ1n) is 9.62. The van der Waals surface area contributed by atoms with E-state index in [1.165, 1.54) is 11.3 Å². The minimum atomic E-state index is -0.350. The van der Waals surface area contributed by atoms with Gasteiger partial charge in [-0.15, -0.1) is 11.3 Å². The number of pyridine rings is 1. The van der Waals surface area contributed by atoms with E-state index in [-0.39, 0.29) is 11.8 Å².